The molecular weight excluding hydrogens is 258 g/mol. The second kappa shape index (κ2) is 6.48. The molecule has 0 heterocycles. The van der Waals surface area contributed by atoms with Crippen LogP contribution in [0.25, 0.3) is 0 Å². The van der Waals surface area contributed by atoms with Gasteiger partial charge in [0.1, 0.15) is 11.6 Å². The summed E-state index contributed by atoms with van der Waals surface area (Å²) in [4.78, 5) is 1.77. The average molecular weight is 276 g/mol. The van der Waals surface area contributed by atoms with E-state index >= 15 is 0 Å². The standard InChI is InChI=1S/C16H18F2N2/c1-3-19-11-12-7-14(18)10-16(8-12)20(2)15-6-4-5-13(17)9-15/h4-10,19H,3,11H2,1-2H3. The SMILES string of the molecule is CCNCc1cc(F)cc(N(C)c2cccc(F)c2)c1. The van der Waals surface area contributed by atoms with Crippen LogP contribution < -0.4 is 10.2 Å². The van der Waals surface area contributed by atoms with Crippen molar-refractivity contribution in [1.82, 2.24) is 5.32 Å². The molecule has 0 aliphatic carbocycles. The molecule has 0 atom stereocenters. The molecule has 106 valence electrons. The van der Waals surface area contributed by atoms with Crippen molar-refractivity contribution < 1.29 is 8.78 Å². The number of hydrogen-bond donors (Lipinski definition) is 1. The fourth-order valence-electron chi connectivity index (χ4n) is 2.03. The van der Waals surface area contributed by atoms with E-state index in [1.54, 1.807) is 24.1 Å². The molecule has 2 rings (SSSR count). The molecule has 0 bridgehead atoms. The molecule has 0 aliphatic rings. The second-order valence-electron chi connectivity index (χ2n) is 4.64. The molecule has 0 spiro atoms. The number of halogens is 2. The first-order chi connectivity index (χ1) is 9.60. The summed E-state index contributed by atoms with van der Waals surface area (Å²) >= 11 is 0. The highest BCUT2D eigenvalue weighted by Crippen LogP contribution is 2.25. The van der Waals surface area contributed by atoms with Crippen LogP contribution in [0.1, 0.15) is 12.5 Å². The summed E-state index contributed by atoms with van der Waals surface area (Å²) in [7, 11) is 1.79. The molecule has 0 saturated heterocycles. The third-order valence-corrected chi connectivity index (χ3v) is 3.10. The van der Waals surface area contributed by atoms with Crippen molar-refractivity contribution in [1.29, 1.82) is 0 Å². The Morgan fingerprint density at radius 1 is 1.00 bits per heavy atom. The Morgan fingerprint density at radius 3 is 2.45 bits per heavy atom. The Hall–Kier alpha value is -1.94. The lowest BCUT2D eigenvalue weighted by molar-refractivity contribution is 0.621. The monoisotopic (exact) mass is 276 g/mol. The minimum atomic E-state index is -0.307. The first-order valence-corrected chi connectivity index (χ1v) is 6.59. The summed E-state index contributed by atoms with van der Waals surface area (Å²) in [6.07, 6.45) is 0. The smallest absolute Gasteiger partial charge is 0.125 e. The van der Waals surface area contributed by atoms with Crippen molar-refractivity contribution in [3.05, 3.63) is 59.7 Å². The predicted molar refractivity (Wildman–Crippen MR) is 78.2 cm³/mol. The van der Waals surface area contributed by atoms with E-state index in [0.717, 1.165) is 12.1 Å². The third-order valence-electron chi connectivity index (χ3n) is 3.10. The van der Waals surface area contributed by atoms with Gasteiger partial charge in [-0.05, 0) is 48.5 Å². The zero-order chi connectivity index (χ0) is 14.5. The zero-order valence-electron chi connectivity index (χ0n) is 11.7. The molecule has 20 heavy (non-hydrogen) atoms. The van der Waals surface area contributed by atoms with E-state index in [-0.39, 0.29) is 11.6 Å². The van der Waals surface area contributed by atoms with Crippen molar-refractivity contribution in [3.63, 3.8) is 0 Å². The Balaban J connectivity index is 2.29. The summed E-state index contributed by atoms with van der Waals surface area (Å²) in [6.45, 7) is 3.43. The van der Waals surface area contributed by atoms with Crippen LogP contribution in [0.3, 0.4) is 0 Å². The topological polar surface area (TPSA) is 15.3 Å². The molecule has 0 fully saturated rings. The minimum Gasteiger partial charge on any atom is -0.344 e. The lowest BCUT2D eigenvalue weighted by atomic mass is 10.1. The van der Waals surface area contributed by atoms with E-state index in [9.17, 15) is 8.78 Å². The molecule has 0 amide bonds. The van der Waals surface area contributed by atoms with Crippen LogP contribution in [0, 0.1) is 11.6 Å². The number of rotatable bonds is 5. The fraction of sp³-hybridized carbons (Fsp3) is 0.250. The summed E-state index contributed by atoms with van der Waals surface area (Å²) in [5, 5.41) is 3.16. The lowest BCUT2D eigenvalue weighted by Gasteiger charge is -2.20. The molecule has 2 aromatic rings. The van der Waals surface area contributed by atoms with Gasteiger partial charge >= 0.3 is 0 Å². The minimum absolute atomic E-state index is 0.293. The van der Waals surface area contributed by atoms with Crippen LogP contribution in [0.5, 0.6) is 0 Å². The highest BCUT2D eigenvalue weighted by atomic mass is 19.1. The van der Waals surface area contributed by atoms with Gasteiger partial charge in [-0.2, -0.15) is 0 Å². The Kier molecular flexibility index (Phi) is 4.69. The van der Waals surface area contributed by atoms with Crippen molar-refractivity contribution in [2.75, 3.05) is 18.5 Å². The molecule has 0 radical (unpaired) electrons. The van der Waals surface area contributed by atoms with Gasteiger partial charge in [-0.25, -0.2) is 8.78 Å². The van der Waals surface area contributed by atoms with Crippen molar-refractivity contribution in [3.8, 4) is 0 Å². The van der Waals surface area contributed by atoms with Gasteiger partial charge in [-0.15, -0.1) is 0 Å². The van der Waals surface area contributed by atoms with Gasteiger partial charge in [0, 0.05) is 25.0 Å². The molecule has 1 N–H and O–H groups in total. The summed E-state index contributed by atoms with van der Waals surface area (Å²) in [6, 6.07) is 11.1. The molecule has 0 aliphatic heterocycles. The van der Waals surface area contributed by atoms with E-state index < -0.39 is 0 Å². The quantitative estimate of drug-likeness (QED) is 0.892. The largest absolute Gasteiger partial charge is 0.344 e. The van der Waals surface area contributed by atoms with Gasteiger partial charge in [-0.3, -0.25) is 0 Å². The summed E-state index contributed by atoms with van der Waals surface area (Å²) in [5.41, 5.74) is 2.25. The van der Waals surface area contributed by atoms with Crippen LogP contribution in [0.2, 0.25) is 0 Å². The molecule has 0 saturated carbocycles. The average Bonchev–Trinajstić information content (AvgIpc) is 2.43. The lowest BCUT2D eigenvalue weighted by Crippen LogP contribution is -2.14. The number of nitrogens with one attached hydrogen (secondary N) is 1. The van der Waals surface area contributed by atoms with E-state index in [1.165, 1.54) is 24.3 Å². The molecular formula is C16H18F2N2. The number of hydrogen-bond acceptors (Lipinski definition) is 2. The van der Waals surface area contributed by atoms with Crippen LogP contribution in [-0.2, 0) is 6.54 Å². The van der Waals surface area contributed by atoms with E-state index in [0.29, 0.717) is 17.9 Å². The summed E-state index contributed by atoms with van der Waals surface area (Å²) < 4.78 is 26.9. The maximum absolute atomic E-state index is 13.7. The highest BCUT2D eigenvalue weighted by Gasteiger charge is 2.08. The predicted octanol–water partition coefficient (Wildman–Crippen LogP) is 3.84. The maximum atomic E-state index is 13.7. The number of nitrogens with zero attached hydrogens (tertiary/aromatic N) is 1. The van der Waals surface area contributed by atoms with E-state index in [4.69, 9.17) is 0 Å². The van der Waals surface area contributed by atoms with Crippen LogP contribution >= 0.6 is 0 Å². The summed E-state index contributed by atoms with van der Waals surface area (Å²) in [5.74, 6) is -0.600. The van der Waals surface area contributed by atoms with Crippen LogP contribution in [0.15, 0.2) is 42.5 Å². The number of anilines is 2. The molecule has 4 heteroatoms. The highest BCUT2D eigenvalue weighted by molar-refractivity contribution is 5.63. The normalized spacial score (nSPS) is 10.6. The van der Waals surface area contributed by atoms with E-state index in [1.807, 2.05) is 13.0 Å². The zero-order valence-corrected chi connectivity index (χ0v) is 11.7. The first-order valence-electron chi connectivity index (χ1n) is 6.59. The Morgan fingerprint density at radius 2 is 1.75 bits per heavy atom. The van der Waals surface area contributed by atoms with Gasteiger partial charge in [0.05, 0.1) is 0 Å². The molecule has 2 aromatic carbocycles. The van der Waals surface area contributed by atoms with Crippen molar-refractivity contribution >= 4 is 11.4 Å². The molecule has 0 aromatic heterocycles. The van der Waals surface area contributed by atoms with Gasteiger partial charge < -0.3 is 10.2 Å². The fourth-order valence-corrected chi connectivity index (χ4v) is 2.03. The maximum Gasteiger partial charge on any atom is 0.125 e. The Labute approximate surface area is 118 Å². The van der Waals surface area contributed by atoms with Gasteiger partial charge in [0.25, 0.3) is 0 Å². The first kappa shape index (κ1) is 14.5. The van der Waals surface area contributed by atoms with Gasteiger partial charge in [-0.1, -0.05) is 13.0 Å². The van der Waals surface area contributed by atoms with E-state index in [2.05, 4.69) is 5.32 Å². The van der Waals surface area contributed by atoms with Crippen LogP contribution in [-0.4, -0.2) is 13.6 Å². The third kappa shape index (κ3) is 3.54. The molecule has 2 nitrogen and oxygen atoms in total. The van der Waals surface area contributed by atoms with Crippen molar-refractivity contribution in [2.45, 2.75) is 13.5 Å². The van der Waals surface area contributed by atoms with Crippen molar-refractivity contribution in [2.24, 2.45) is 0 Å². The second-order valence-corrected chi connectivity index (χ2v) is 4.64. The number of benzene rings is 2. The molecule has 0 unspecified atom stereocenters. The van der Waals surface area contributed by atoms with Crippen LogP contribution in [0.4, 0.5) is 20.2 Å². The van der Waals surface area contributed by atoms with Gasteiger partial charge in [0.2, 0.25) is 0 Å². The van der Waals surface area contributed by atoms with Gasteiger partial charge in [0.15, 0.2) is 0 Å². The Bertz CT molecular complexity index is 584.